The first-order chi connectivity index (χ1) is 10.5. The van der Waals surface area contributed by atoms with Gasteiger partial charge < -0.3 is 25.2 Å². The molecule has 7 nitrogen and oxygen atoms in total. The molecular formula is C15H26N2O5. The molecule has 1 aliphatic heterocycles. The van der Waals surface area contributed by atoms with Gasteiger partial charge in [0.15, 0.2) is 0 Å². The van der Waals surface area contributed by atoms with Crippen molar-refractivity contribution in [1.82, 2.24) is 10.6 Å². The van der Waals surface area contributed by atoms with Crippen LogP contribution in [0.15, 0.2) is 0 Å². The Balaban J connectivity index is 1.78. The van der Waals surface area contributed by atoms with Crippen LogP contribution < -0.4 is 10.6 Å². The molecule has 0 spiro atoms. The number of nitrogens with one attached hydrogen (secondary N) is 2. The Labute approximate surface area is 130 Å². The predicted molar refractivity (Wildman–Crippen MR) is 79.7 cm³/mol. The zero-order valence-electron chi connectivity index (χ0n) is 13.1. The molecule has 1 saturated heterocycles. The number of methoxy groups -OCH3 is 1. The minimum atomic E-state index is -0.732. The summed E-state index contributed by atoms with van der Waals surface area (Å²) in [6.45, 7) is 1.73. The van der Waals surface area contributed by atoms with Gasteiger partial charge in [-0.3, -0.25) is 4.79 Å². The van der Waals surface area contributed by atoms with Crippen LogP contribution in [0.25, 0.3) is 0 Å². The van der Waals surface area contributed by atoms with Gasteiger partial charge in [-0.25, -0.2) is 4.79 Å². The van der Waals surface area contributed by atoms with Crippen LogP contribution in [0, 0.1) is 5.92 Å². The Morgan fingerprint density at radius 3 is 2.59 bits per heavy atom. The summed E-state index contributed by atoms with van der Waals surface area (Å²) in [6.07, 6.45) is 4.19. The lowest BCUT2D eigenvalue weighted by molar-refractivity contribution is -0.142. The van der Waals surface area contributed by atoms with Gasteiger partial charge in [0.1, 0.15) is 0 Å². The molecule has 0 bridgehead atoms. The number of ether oxygens (including phenoxy) is 2. The number of rotatable bonds is 6. The highest BCUT2D eigenvalue weighted by molar-refractivity contribution is 5.75. The van der Waals surface area contributed by atoms with Gasteiger partial charge in [-0.15, -0.1) is 0 Å². The second kappa shape index (κ2) is 7.78. The largest absolute Gasteiger partial charge is 0.481 e. The third kappa shape index (κ3) is 4.58. The zero-order valence-corrected chi connectivity index (χ0v) is 13.1. The highest BCUT2D eigenvalue weighted by Crippen LogP contribution is 2.25. The molecule has 1 heterocycles. The van der Waals surface area contributed by atoms with Crippen molar-refractivity contribution in [3.63, 3.8) is 0 Å². The summed E-state index contributed by atoms with van der Waals surface area (Å²) in [6, 6.07) is -0.141. The summed E-state index contributed by atoms with van der Waals surface area (Å²) in [5.74, 6) is -0.998. The normalized spacial score (nSPS) is 31.7. The smallest absolute Gasteiger partial charge is 0.315 e. The van der Waals surface area contributed by atoms with Crippen LogP contribution in [0.1, 0.15) is 38.5 Å². The summed E-state index contributed by atoms with van der Waals surface area (Å²) in [4.78, 5) is 23.1. The highest BCUT2D eigenvalue weighted by Gasteiger charge is 2.36. The highest BCUT2D eigenvalue weighted by atomic mass is 16.5. The molecular weight excluding hydrogens is 288 g/mol. The van der Waals surface area contributed by atoms with Crippen LogP contribution >= 0.6 is 0 Å². The van der Waals surface area contributed by atoms with E-state index < -0.39 is 5.97 Å². The van der Waals surface area contributed by atoms with E-state index in [1.54, 1.807) is 7.11 Å². The fourth-order valence-corrected chi connectivity index (χ4v) is 3.21. The van der Waals surface area contributed by atoms with Crippen LogP contribution in [-0.4, -0.2) is 55.6 Å². The van der Waals surface area contributed by atoms with Crippen molar-refractivity contribution in [3.05, 3.63) is 0 Å². The van der Waals surface area contributed by atoms with Crippen molar-refractivity contribution >= 4 is 12.0 Å². The van der Waals surface area contributed by atoms with E-state index in [9.17, 15) is 9.59 Å². The van der Waals surface area contributed by atoms with E-state index in [-0.39, 0.29) is 23.5 Å². The summed E-state index contributed by atoms with van der Waals surface area (Å²) in [5, 5.41) is 15.0. The number of hydrogen-bond acceptors (Lipinski definition) is 4. The Kier molecular flexibility index (Phi) is 6.02. The summed E-state index contributed by atoms with van der Waals surface area (Å²) in [7, 11) is 1.64. The molecule has 7 heteroatoms. The average Bonchev–Trinajstić information content (AvgIpc) is 2.94. The minimum absolute atomic E-state index is 0.0531. The summed E-state index contributed by atoms with van der Waals surface area (Å²) < 4.78 is 10.5. The number of carbonyl (C=O) groups excluding carboxylic acids is 1. The Bertz CT molecular complexity index is 387. The van der Waals surface area contributed by atoms with Crippen molar-refractivity contribution in [2.45, 2.75) is 50.1 Å². The number of carboxylic acid groups (broad SMARTS) is 1. The maximum Gasteiger partial charge on any atom is 0.315 e. The van der Waals surface area contributed by atoms with Crippen LogP contribution in [0.5, 0.6) is 0 Å². The monoisotopic (exact) mass is 314 g/mol. The van der Waals surface area contributed by atoms with Crippen molar-refractivity contribution in [1.29, 1.82) is 0 Å². The predicted octanol–water partition coefficient (Wildman–Crippen LogP) is 1.12. The molecule has 1 saturated carbocycles. The SMILES string of the molecule is COCCC1(NC(=O)NC2CCC(C(=O)O)CC2)CCOC1. The Hall–Kier alpha value is -1.34. The zero-order chi connectivity index (χ0) is 16.0. The molecule has 1 unspecified atom stereocenters. The molecule has 1 atom stereocenters. The number of amides is 2. The number of carboxylic acids is 1. The van der Waals surface area contributed by atoms with Gasteiger partial charge in [-0.2, -0.15) is 0 Å². The van der Waals surface area contributed by atoms with Gasteiger partial charge in [0, 0.05) is 26.4 Å². The average molecular weight is 314 g/mol. The standard InChI is InChI=1S/C15H26N2O5/c1-21-8-6-15(7-9-22-10-15)17-14(20)16-12-4-2-11(3-5-12)13(18)19/h11-12H,2-10H2,1H3,(H,18,19)(H2,16,17,20). The molecule has 0 radical (unpaired) electrons. The van der Waals surface area contributed by atoms with Crippen LogP contribution in [-0.2, 0) is 14.3 Å². The molecule has 2 aliphatic rings. The molecule has 2 fully saturated rings. The molecule has 22 heavy (non-hydrogen) atoms. The summed E-state index contributed by atoms with van der Waals surface area (Å²) >= 11 is 0. The first-order valence-corrected chi connectivity index (χ1v) is 7.93. The fraction of sp³-hybridized carbons (Fsp3) is 0.867. The van der Waals surface area contributed by atoms with Crippen LogP contribution in [0.2, 0.25) is 0 Å². The topological polar surface area (TPSA) is 96.9 Å². The molecule has 0 aromatic heterocycles. The van der Waals surface area contributed by atoms with Crippen molar-refractivity contribution in [3.8, 4) is 0 Å². The fourth-order valence-electron chi connectivity index (χ4n) is 3.21. The third-order valence-corrected chi connectivity index (χ3v) is 4.68. The first-order valence-electron chi connectivity index (χ1n) is 7.93. The van der Waals surface area contributed by atoms with Gasteiger partial charge in [-0.05, 0) is 38.5 Å². The second-order valence-electron chi connectivity index (χ2n) is 6.31. The molecule has 0 aromatic rings. The van der Waals surface area contributed by atoms with E-state index in [0.29, 0.717) is 45.5 Å². The van der Waals surface area contributed by atoms with E-state index >= 15 is 0 Å². The molecule has 2 rings (SSSR count). The lowest BCUT2D eigenvalue weighted by Crippen LogP contribution is -2.55. The van der Waals surface area contributed by atoms with Crippen LogP contribution in [0.4, 0.5) is 4.79 Å². The number of hydrogen-bond donors (Lipinski definition) is 3. The van der Waals surface area contributed by atoms with Gasteiger partial charge in [0.25, 0.3) is 0 Å². The van der Waals surface area contributed by atoms with E-state index in [1.807, 2.05) is 0 Å². The van der Waals surface area contributed by atoms with Crippen LogP contribution in [0.3, 0.4) is 0 Å². The van der Waals surface area contributed by atoms with E-state index in [4.69, 9.17) is 14.6 Å². The van der Waals surface area contributed by atoms with Gasteiger partial charge >= 0.3 is 12.0 Å². The lowest BCUT2D eigenvalue weighted by Gasteiger charge is -2.31. The van der Waals surface area contributed by atoms with Crippen molar-refractivity contribution in [2.75, 3.05) is 26.9 Å². The number of urea groups is 1. The maximum atomic E-state index is 12.2. The molecule has 3 N–H and O–H groups in total. The van der Waals surface area contributed by atoms with Gasteiger partial charge in [0.05, 0.1) is 18.1 Å². The lowest BCUT2D eigenvalue weighted by atomic mass is 9.86. The van der Waals surface area contributed by atoms with E-state index in [2.05, 4.69) is 10.6 Å². The van der Waals surface area contributed by atoms with E-state index in [1.165, 1.54) is 0 Å². The molecule has 126 valence electrons. The minimum Gasteiger partial charge on any atom is -0.481 e. The summed E-state index contributed by atoms with van der Waals surface area (Å²) in [5.41, 5.74) is -0.349. The molecule has 2 amide bonds. The second-order valence-corrected chi connectivity index (χ2v) is 6.31. The number of aliphatic carboxylic acids is 1. The van der Waals surface area contributed by atoms with Gasteiger partial charge in [-0.1, -0.05) is 0 Å². The molecule has 1 aliphatic carbocycles. The van der Waals surface area contributed by atoms with Gasteiger partial charge in [0.2, 0.25) is 0 Å². The number of carbonyl (C=O) groups is 2. The first kappa shape index (κ1) is 17.0. The third-order valence-electron chi connectivity index (χ3n) is 4.68. The van der Waals surface area contributed by atoms with E-state index in [0.717, 1.165) is 12.8 Å². The van der Waals surface area contributed by atoms with Crippen molar-refractivity contribution < 1.29 is 24.2 Å². The Morgan fingerprint density at radius 2 is 2.05 bits per heavy atom. The maximum absolute atomic E-state index is 12.2. The van der Waals surface area contributed by atoms with Crippen molar-refractivity contribution in [2.24, 2.45) is 5.92 Å². The Morgan fingerprint density at radius 1 is 1.32 bits per heavy atom. The quantitative estimate of drug-likeness (QED) is 0.683. The molecule has 0 aromatic carbocycles.